The van der Waals surface area contributed by atoms with E-state index < -0.39 is 11.0 Å². The SMILES string of the molecule is CCCCCCCCC(C)(O)C(C)(C)CO.CCC[CH2][Sn][CH2]CCC. The average molecular weight is 463 g/mol. The Hall–Kier alpha value is 0.719. The number of aliphatic hydroxyl groups is 2. The van der Waals surface area contributed by atoms with E-state index in [1.807, 2.05) is 20.8 Å². The zero-order valence-electron chi connectivity index (χ0n) is 18.3. The number of hydrogen-bond donors (Lipinski definition) is 2. The van der Waals surface area contributed by atoms with Gasteiger partial charge in [0.2, 0.25) is 0 Å². The monoisotopic (exact) mass is 464 g/mol. The van der Waals surface area contributed by atoms with Crippen molar-refractivity contribution in [2.24, 2.45) is 5.41 Å². The second-order valence-electron chi connectivity index (χ2n) is 8.29. The fraction of sp³-hybridized carbons (Fsp3) is 1.00. The zero-order valence-corrected chi connectivity index (χ0v) is 21.1. The molecule has 0 spiro atoms. The summed E-state index contributed by atoms with van der Waals surface area (Å²) < 4.78 is 3.25. The van der Waals surface area contributed by atoms with E-state index in [2.05, 4.69) is 20.8 Å². The molecule has 0 aliphatic heterocycles. The normalized spacial score (nSPS) is 13.9. The molecule has 25 heavy (non-hydrogen) atoms. The van der Waals surface area contributed by atoms with E-state index in [-0.39, 0.29) is 27.7 Å². The molecule has 0 bridgehead atoms. The number of unbranched alkanes of at least 4 members (excludes halogenated alkanes) is 7. The van der Waals surface area contributed by atoms with Crippen LogP contribution in [0.2, 0.25) is 8.87 Å². The van der Waals surface area contributed by atoms with Crippen LogP contribution in [0, 0.1) is 5.41 Å². The van der Waals surface area contributed by atoms with Crippen LogP contribution in [0.15, 0.2) is 0 Å². The van der Waals surface area contributed by atoms with Gasteiger partial charge in [0.1, 0.15) is 0 Å². The van der Waals surface area contributed by atoms with Crippen LogP contribution in [-0.2, 0) is 0 Å². The van der Waals surface area contributed by atoms with E-state index in [9.17, 15) is 10.2 Å². The summed E-state index contributed by atoms with van der Waals surface area (Å²) in [6, 6.07) is 0. The van der Waals surface area contributed by atoms with Gasteiger partial charge in [0.05, 0.1) is 12.2 Å². The zero-order chi connectivity index (χ0) is 19.6. The van der Waals surface area contributed by atoms with Crippen LogP contribution >= 0.6 is 0 Å². The summed E-state index contributed by atoms with van der Waals surface area (Å²) in [5.74, 6) is 0. The molecule has 0 aromatic heterocycles. The van der Waals surface area contributed by atoms with Gasteiger partial charge in [-0.15, -0.1) is 0 Å². The van der Waals surface area contributed by atoms with Crippen molar-refractivity contribution >= 4 is 21.1 Å². The Morgan fingerprint density at radius 2 is 1.12 bits per heavy atom. The van der Waals surface area contributed by atoms with Crippen LogP contribution in [0.3, 0.4) is 0 Å². The van der Waals surface area contributed by atoms with E-state index in [1.165, 1.54) is 57.8 Å². The summed E-state index contributed by atoms with van der Waals surface area (Å²) in [4.78, 5) is 0. The molecular formula is C22H48O2Sn. The van der Waals surface area contributed by atoms with Gasteiger partial charge in [-0.25, -0.2) is 0 Å². The van der Waals surface area contributed by atoms with E-state index >= 15 is 0 Å². The van der Waals surface area contributed by atoms with Crippen LogP contribution in [0.1, 0.15) is 112 Å². The fourth-order valence-corrected chi connectivity index (χ4v) is 6.65. The molecule has 0 saturated carbocycles. The first-order valence-electron chi connectivity index (χ1n) is 10.8. The summed E-state index contributed by atoms with van der Waals surface area (Å²) in [6.45, 7) is 12.5. The third-order valence-corrected chi connectivity index (χ3v) is 9.32. The Kier molecular flexibility index (Phi) is 20.2. The molecule has 2 nitrogen and oxygen atoms in total. The van der Waals surface area contributed by atoms with Gasteiger partial charge >= 0.3 is 69.5 Å². The van der Waals surface area contributed by atoms with Crippen LogP contribution in [-0.4, -0.2) is 43.6 Å². The summed E-state index contributed by atoms with van der Waals surface area (Å²) >= 11 is 0.149. The molecule has 152 valence electrons. The van der Waals surface area contributed by atoms with Gasteiger partial charge in [0.15, 0.2) is 0 Å². The van der Waals surface area contributed by atoms with Crippen molar-refractivity contribution in [3.8, 4) is 0 Å². The van der Waals surface area contributed by atoms with Crippen molar-refractivity contribution < 1.29 is 10.2 Å². The van der Waals surface area contributed by atoms with Gasteiger partial charge in [-0.3, -0.25) is 0 Å². The Morgan fingerprint density at radius 1 is 0.680 bits per heavy atom. The summed E-state index contributed by atoms with van der Waals surface area (Å²) in [6.07, 6.45) is 14.0. The molecule has 0 aromatic carbocycles. The van der Waals surface area contributed by atoms with Crippen molar-refractivity contribution in [3.05, 3.63) is 0 Å². The second kappa shape index (κ2) is 18.1. The summed E-state index contributed by atoms with van der Waals surface area (Å²) in [5, 5.41) is 19.5. The molecule has 0 heterocycles. The molecule has 2 N–H and O–H groups in total. The number of aliphatic hydroxyl groups excluding tert-OH is 1. The van der Waals surface area contributed by atoms with Crippen LogP contribution in [0.4, 0.5) is 0 Å². The predicted octanol–water partition coefficient (Wildman–Crippen LogP) is 6.63. The second-order valence-corrected chi connectivity index (χ2v) is 12.6. The van der Waals surface area contributed by atoms with Crippen LogP contribution in [0.5, 0.6) is 0 Å². The molecule has 3 heteroatoms. The standard InChI is InChI=1S/C14H30O2.2C4H9.Sn/c1-5-6-7-8-9-10-11-14(4,16)13(2,3)12-15;2*1-3-4-2;/h15-16H,5-12H2,1-4H3;2*1,3-4H2,2H3;. The van der Waals surface area contributed by atoms with Crippen molar-refractivity contribution in [2.45, 2.75) is 127 Å². The molecule has 0 aromatic rings. The van der Waals surface area contributed by atoms with E-state index in [0.29, 0.717) is 0 Å². The van der Waals surface area contributed by atoms with Gasteiger partial charge in [0.25, 0.3) is 0 Å². The summed E-state index contributed by atoms with van der Waals surface area (Å²) in [5.41, 5.74) is -1.16. The van der Waals surface area contributed by atoms with Gasteiger partial charge in [-0.1, -0.05) is 59.3 Å². The third-order valence-electron chi connectivity index (χ3n) is 5.28. The van der Waals surface area contributed by atoms with Gasteiger partial charge in [0, 0.05) is 5.41 Å². The third kappa shape index (κ3) is 16.6. The Bertz CT molecular complexity index is 259. The van der Waals surface area contributed by atoms with Crippen molar-refractivity contribution in [1.29, 1.82) is 0 Å². The first kappa shape index (κ1) is 27.9. The minimum absolute atomic E-state index is 0.0375. The fourth-order valence-electron chi connectivity index (χ4n) is 2.49. The maximum atomic E-state index is 10.3. The Balaban J connectivity index is 0. The molecule has 0 saturated heterocycles. The molecule has 0 rings (SSSR count). The van der Waals surface area contributed by atoms with E-state index in [4.69, 9.17) is 0 Å². The predicted molar refractivity (Wildman–Crippen MR) is 115 cm³/mol. The molecule has 0 fully saturated rings. The molecule has 1 atom stereocenters. The van der Waals surface area contributed by atoms with Gasteiger partial charge in [-0.2, -0.15) is 0 Å². The average Bonchev–Trinajstić information content (AvgIpc) is 2.58. The molecule has 0 amide bonds. The minimum atomic E-state index is -0.757. The topological polar surface area (TPSA) is 40.5 Å². The maximum absolute atomic E-state index is 10.3. The van der Waals surface area contributed by atoms with Crippen LogP contribution in [0.25, 0.3) is 0 Å². The van der Waals surface area contributed by atoms with E-state index in [1.54, 1.807) is 8.87 Å². The number of hydrogen-bond acceptors (Lipinski definition) is 2. The van der Waals surface area contributed by atoms with Gasteiger partial charge in [-0.05, 0) is 13.3 Å². The number of rotatable bonds is 15. The van der Waals surface area contributed by atoms with Crippen molar-refractivity contribution in [3.63, 3.8) is 0 Å². The van der Waals surface area contributed by atoms with Crippen molar-refractivity contribution in [1.82, 2.24) is 0 Å². The molecule has 1 unspecified atom stereocenters. The van der Waals surface area contributed by atoms with Gasteiger partial charge < -0.3 is 10.2 Å². The Labute approximate surface area is 169 Å². The first-order chi connectivity index (χ1) is 11.8. The summed E-state index contributed by atoms with van der Waals surface area (Å²) in [7, 11) is 0. The van der Waals surface area contributed by atoms with Crippen LogP contribution < -0.4 is 0 Å². The van der Waals surface area contributed by atoms with E-state index in [0.717, 1.165) is 12.8 Å². The first-order valence-corrected chi connectivity index (χ1v) is 14.9. The van der Waals surface area contributed by atoms with Crippen molar-refractivity contribution in [2.75, 3.05) is 6.61 Å². The molecular weight excluding hydrogens is 415 g/mol. The Morgan fingerprint density at radius 3 is 1.56 bits per heavy atom. The quantitative estimate of drug-likeness (QED) is 0.211. The molecule has 0 aliphatic carbocycles. The molecule has 2 radical (unpaired) electrons. The molecule has 0 aliphatic rings.